The van der Waals surface area contributed by atoms with Crippen molar-refractivity contribution in [1.82, 2.24) is 9.80 Å². The van der Waals surface area contributed by atoms with E-state index in [0.717, 1.165) is 48.3 Å². The van der Waals surface area contributed by atoms with Gasteiger partial charge in [-0.05, 0) is 73.7 Å². The SMILES string of the molecule is CC(=O)Nc1cccc2c1CCC(N1CCCC1)C2N(C)C(=O)Cc1ccc(Cl)c(Cl)c1. The van der Waals surface area contributed by atoms with Crippen molar-refractivity contribution in [3.63, 3.8) is 0 Å². The maximum absolute atomic E-state index is 13.4. The molecule has 0 aromatic heterocycles. The van der Waals surface area contributed by atoms with E-state index in [1.807, 2.05) is 30.1 Å². The summed E-state index contributed by atoms with van der Waals surface area (Å²) < 4.78 is 0. The molecule has 2 aliphatic rings. The number of rotatable bonds is 5. The molecule has 7 heteroatoms. The van der Waals surface area contributed by atoms with E-state index in [-0.39, 0.29) is 30.3 Å². The van der Waals surface area contributed by atoms with E-state index >= 15 is 0 Å². The quantitative estimate of drug-likeness (QED) is 0.656. The molecule has 1 aliphatic carbocycles. The van der Waals surface area contributed by atoms with Gasteiger partial charge in [0, 0.05) is 25.7 Å². The highest BCUT2D eigenvalue weighted by atomic mass is 35.5. The van der Waals surface area contributed by atoms with Gasteiger partial charge in [0.2, 0.25) is 11.8 Å². The zero-order valence-corrected chi connectivity index (χ0v) is 20.0. The number of likely N-dealkylation sites (tertiary alicyclic amines) is 1. The Balaban J connectivity index is 1.66. The third-order valence-electron chi connectivity index (χ3n) is 6.66. The van der Waals surface area contributed by atoms with Gasteiger partial charge in [0.25, 0.3) is 0 Å². The molecule has 2 unspecified atom stereocenters. The first-order valence-electron chi connectivity index (χ1n) is 11.2. The average Bonchev–Trinajstić information content (AvgIpc) is 3.29. The molecule has 4 rings (SSSR count). The molecule has 2 aromatic carbocycles. The normalized spacial score (nSPS) is 20.6. The number of hydrogen-bond donors (Lipinski definition) is 1. The molecule has 2 aromatic rings. The smallest absolute Gasteiger partial charge is 0.227 e. The van der Waals surface area contributed by atoms with Crippen molar-refractivity contribution < 1.29 is 9.59 Å². The lowest BCUT2D eigenvalue weighted by Gasteiger charge is -2.44. The summed E-state index contributed by atoms with van der Waals surface area (Å²) in [4.78, 5) is 29.6. The summed E-state index contributed by atoms with van der Waals surface area (Å²) in [6.07, 6.45) is 4.50. The molecule has 5 nitrogen and oxygen atoms in total. The molecular weight excluding hydrogens is 445 g/mol. The second-order valence-corrected chi connectivity index (χ2v) is 9.59. The average molecular weight is 474 g/mol. The van der Waals surface area contributed by atoms with Crippen LogP contribution in [-0.2, 0) is 22.4 Å². The van der Waals surface area contributed by atoms with Crippen LogP contribution in [0, 0.1) is 0 Å². The number of fused-ring (bicyclic) bond motifs is 1. The Kier molecular flexibility index (Phi) is 7.08. The Hall–Kier alpha value is -2.08. The zero-order chi connectivity index (χ0) is 22.8. The minimum Gasteiger partial charge on any atom is -0.337 e. The third-order valence-corrected chi connectivity index (χ3v) is 7.39. The maximum atomic E-state index is 13.4. The van der Waals surface area contributed by atoms with Crippen LogP contribution in [0.25, 0.3) is 0 Å². The van der Waals surface area contributed by atoms with E-state index in [0.29, 0.717) is 10.0 Å². The van der Waals surface area contributed by atoms with Gasteiger partial charge in [-0.15, -0.1) is 0 Å². The lowest BCUT2D eigenvalue weighted by atomic mass is 9.81. The molecule has 1 fully saturated rings. The predicted octanol–water partition coefficient (Wildman–Crippen LogP) is 5.10. The van der Waals surface area contributed by atoms with Crippen LogP contribution in [0.4, 0.5) is 5.69 Å². The fourth-order valence-electron chi connectivity index (χ4n) is 5.15. The van der Waals surface area contributed by atoms with Crippen molar-refractivity contribution in [2.24, 2.45) is 0 Å². The summed E-state index contributed by atoms with van der Waals surface area (Å²) in [6, 6.07) is 11.6. The van der Waals surface area contributed by atoms with Crippen LogP contribution in [0.1, 0.15) is 48.9 Å². The van der Waals surface area contributed by atoms with E-state index in [1.54, 1.807) is 12.1 Å². The van der Waals surface area contributed by atoms with E-state index in [9.17, 15) is 9.59 Å². The Morgan fingerprint density at radius 1 is 1.12 bits per heavy atom. The molecule has 1 heterocycles. The number of carbonyl (C=O) groups is 2. The summed E-state index contributed by atoms with van der Waals surface area (Å²) in [5, 5.41) is 3.91. The highest BCUT2D eigenvalue weighted by Gasteiger charge is 2.39. The number of carbonyl (C=O) groups excluding carboxylic acids is 2. The Bertz CT molecular complexity index is 1020. The number of hydrogen-bond acceptors (Lipinski definition) is 3. The molecule has 0 bridgehead atoms. The van der Waals surface area contributed by atoms with E-state index < -0.39 is 0 Å². The predicted molar refractivity (Wildman–Crippen MR) is 129 cm³/mol. The van der Waals surface area contributed by atoms with Crippen molar-refractivity contribution in [3.05, 3.63) is 63.1 Å². The number of likely N-dealkylation sites (N-methyl/N-ethyl adjacent to an activating group) is 1. The molecule has 2 atom stereocenters. The van der Waals surface area contributed by atoms with Crippen molar-refractivity contribution in [2.45, 2.75) is 51.1 Å². The highest BCUT2D eigenvalue weighted by Crippen LogP contribution is 2.41. The third kappa shape index (κ3) is 4.80. The van der Waals surface area contributed by atoms with Gasteiger partial charge in [0.15, 0.2) is 0 Å². The van der Waals surface area contributed by atoms with Gasteiger partial charge >= 0.3 is 0 Å². The lowest BCUT2D eigenvalue weighted by Crippen LogP contribution is -2.48. The first kappa shape index (κ1) is 23.1. The molecule has 0 spiro atoms. The van der Waals surface area contributed by atoms with Crippen LogP contribution in [0.5, 0.6) is 0 Å². The van der Waals surface area contributed by atoms with Crippen LogP contribution in [0.2, 0.25) is 10.0 Å². The van der Waals surface area contributed by atoms with E-state index in [1.165, 1.54) is 19.8 Å². The zero-order valence-electron chi connectivity index (χ0n) is 18.5. The summed E-state index contributed by atoms with van der Waals surface area (Å²) in [6.45, 7) is 3.66. The first-order valence-corrected chi connectivity index (χ1v) is 11.9. The van der Waals surface area contributed by atoms with Crippen LogP contribution in [0.15, 0.2) is 36.4 Å². The highest BCUT2D eigenvalue weighted by molar-refractivity contribution is 6.42. The van der Waals surface area contributed by atoms with Crippen molar-refractivity contribution in [2.75, 3.05) is 25.5 Å². The molecule has 32 heavy (non-hydrogen) atoms. The second kappa shape index (κ2) is 9.82. The number of benzene rings is 2. The van der Waals surface area contributed by atoms with Gasteiger partial charge in [-0.2, -0.15) is 0 Å². The Morgan fingerprint density at radius 3 is 2.56 bits per heavy atom. The number of nitrogens with zero attached hydrogens (tertiary/aromatic N) is 2. The second-order valence-electron chi connectivity index (χ2n) is 8.78. The Morgan fingerprint density at radius 2 is 1.88 bits per heavy atom. The number of amides is 2. The van der Waals surface area contributed by atoms with Crippen molar-refractivity contribution in [3.8, 4) is 0 Å². The number of nitrogens with one attached hydrogen (secondary N) is 1. The van der Waals surface area contributed by atoms with Gasteiger partial charge in [-0.3, -0.25) is 14.5 Å². The monoisotopic (exact) mass is 473 g/mol. The van der Waals surface area contributed by atoms with Crippen LogP contribution in [-0.4, -0.2) is 47.8 Å². The largest absolute Gasteiger partial charge is 0.337 e. The molecule has 1 saturated heterocycles. The molecule has 0 radical (unpaired) electrons. The van der Waals surface area contributed by atoms with Gasteiger partial charge < -0.3 is 10.2 Å². The van der Waals surface area contributed by atoms with E-state index in [4.69, 9.17) is 23.2 Å². The molecule has 2 amide bonds. The number of anilines is 1. The van der Waals surface area contributed by atoms with Crippen LogP contribution >= 0.6 is 23.2 Å². The molecule has 0 saturated carbocycles. The standard InChI is InChI=1S/C25H29Cl2N3O2/c1-16(31)28-22-7-5-6-19-18(22)9-11-23(30-12-3-4-13-30)25(19)29(2)24(32)15-17-8-10-20(26)21(27)14-17/h5-8,10,14,23,25H,3-4,9,11-13,15H2,1-2H3,(H,28,31). The number of halogens is 2. The van der Waals surface area contributed by atoms with E-state index in [2.05, 4.69) is 16.3 Å². The van der Waals surface area contributed by atoms with Crippen molar-refractivity contribution >= 4 is 40.7 Å². The molecule has 1 N–H and O–H groups in total. The minimum atomic E-state index is -0.0827. The molecule has 170 valence electrons. The van der Waals surface area contributed by atoms with Crippen molar-refractivity contribution in [1.29, 1.82) is 0 Å². The summed E-state index contributed by atoms with van der Waals surface area (Å²) in [5.41, 5.74) is 3.96. The van der Waals surface area contributed by atoms with Gasteiger partial charge in [0.05, 0.1) is 22.5 Å². The maximum Gasteiger partial charge on any atom is 0.227 e. The first-order chi connectivity index (χ1) is 15.3. The molecular formula is C25H29Cl2N3O2. The van der Waals surface area contributed by atoms with Gasteiger partial charge in [-0.25, -0.2) is 0 Å². The Labute approximate surface area is 199 Å². The van der Waals surface area contributed by atoms with Gasteiger partial charge in [0.1, 0.15) is 0 Å². The minimum absolute atomic E-state index is 0.0374. The van der Waals surface area contributed by atoms with Crippen LogP contribution < -0.4 is 5.32 Å². The fourth-order valence-corrected chi connectivity index (χ4v) is 5.47. The lowest BCUT2D eigenvalue weighted by molar-refractivity contribution is -0.133. The van der Waals surface area contributed by atoms with Crippen LogP contribution in [0.3, 0.4) is 0 Å². The fraction of sp³-hybridized carbons (Fsp3) is 0.440. The summed E-state index contributed by atoms with van der Waals surface area (Å²) >= 11 is 12.2. The topological polar surface area (TPSA) is 52.7 Å². The summed E-state index contributed by atoms with van der Waals surface area (Å²) in [7, 11) is 1.90. The summed E-state index contributed by atoms with van der Waals surface area (Å²) in [5.74, 6) is -0.0453. The molecule has 1 aliphatic heterocycles. The van der Waals surface area contributed by atoms with Gasteiger partial charge in [-0.1, -0.05) is 41.4 Å².